The molecule has 0 radical (unpaired) electrons. The molecule has 6 N–H and O–H groups in total. The van der Waals surface area contributed by atoms with Gasteiger partial charge in [0.25, 0.3) is 0 Å². The molecule has 11 atom stereocenters. The number of aliphatic hydroxyl groups is 5. The predicted molar refractivity (Wildman–Crippen MR) is 191 cm³/mol. The molecule has 0 aromatic rings. The Balaban J connectivity index is 2.13. The Hall–Kier alpha value is -1.95. The highest BCUT2D eigenvalue weighted by atomic mass is 16.8. The van der Waals surface area contributed by atoms with Crippen LogP contribution in [0.4, 0.5) is 0 Å². The maximum Gasteiger partial charge on any atom is 0.303 e. The SMILES string of the molecule is CCCCCCCCCC(CCCCCCCCCCCC(=O)O)OC1OC(COC(C)=O)C(O)C(O)C1OC1OC(COC(C)=O)C(O)C(O)C1O. The van der Waals surface area contributed by atoms with E-state index < -0.39 is 85.9 Å². The molecule has 0 spiro atoms. The van der Waals surface area contributed by atoms with Gasteiger partial charge < -0.3 is 59.1 Å². The van der Waals surface area contributed by atoms with Gasteiger partial charge in [-0.05, 0) is 19.3 Å². The van der Waals surface area contributed by atoms with E-state index in [-0.39, 0.29) is 19.1 Å². The summed E-state index contributed by atoms with van der Waals surface area (Å²) in [5.41, 5.74) is 0. The van der Waals surface area contributed by atoms with Crippen LogP contribution in [0.5, 0.6) is 0 Å². The number of esters is 2. The van der Waals surface area contributed by atoms with Crippen molar-refractivity contribution in [2.45, 2.75) is 210 Å². The second-order valence-corrected chi connectivity index (χ2v) is 14.5. The van der Waals surface area contributed by atoms with E-state index in [0.29, 0.717) is 19.3 Å². The van der Waals surface area contributed by atoms with E-state index in [0.717, 1.165) is 84.0 Å². The van der Waals surface area contributed by atoms with Crippen LogP contribution in [0, 0.1) is 0 Å². The highest BCUT2D eigenvalue weighted by Gasteiger charge is 2.51. The van der Waals surface area contributed by atoms with Crippen LogP contribution < -0.4 is 0 Å². The van der Waals surface area contributed by atoms with Crippen molar-refractivity contribution in [2.75, 3.05) is 13.2 Å². The molecule has 53 heavy (non-hydrogen) atoms. The first-order valence-electron chi connectivity index (χ1n) is 19.9. The Labute approximate surface area is 314 Å². The van der Waals surface area contributed by atoms with Gasteiger partial charge in [-0.25, -0.2) is 0 Å². The lowest BCUT2D eigenvalue weighted by Gasteiger charge is -2.46. The molecule has 2 aliphatic rings. The Bertz CT molecular complexity index is 1010. The van der Waals surface area contributed by atoms with Crippen LogP contribution in [0.1, 0.15) is 143 Å². The number of ether oxygens (including phenoxy) is 6. The summed E-state index contributed by atoms with van der Waals surface area (Å²) in [6, 6.07) is 0. The van der Waals surface area contributed by atoms with Gasteiger partial charge in [-0.2, -0.15) is 0 Å². The monoisotopic (exact) mass is 764 g/mol. The summed E-state index contributed by atoms with van der Waals surface area (Å²) in [6.07, 6.45) is 2.58. The van der Waals surface area contributed by atoms with Crippen LogP contribution in [-0.2, 0) is 42.8 Å². The second kappa shape index (κ2) is 26.8. The van der Waals surface area contributed by atoms with Crippen LogP contribution in [0.25, 0.3) is 0 Å². The molecule has 11 unspecified atom stereocenters. The molecular weight excluding hydrogens is 696 g/mol. The minimum Gasteiger partial charge on any atom is -0.481 e. The van der Waals surface area contributed by atoms with Gasteiger partial charge >= 0.3 is 17.9 Å². The fourth-order valence-corrected chi connectivity index (χ4v) is 6.70. The molecule has 0 aromatic heterocycles. The fourth-order valence-electron chi connectivity index (χ4n) is 6.70. The standard InChI is InChI=1S/C38H68O15/c1-4-5-6-7-11-14-17-20-27(21-18-15-12-9-8-10-13-16-19-22-30(41)42)50-38-36(34(46)32(44)29(52-38)24-49-26(3)40)53-37-35(47)33(45)31(43)28(51-37)23-48-25(2)39/h27-29,31-38,43-47H,4-24H2,1-3H3,(H,41,42). The molecule has 2 fully saturated rings. The first kappa shape index (κ1) is 47.2. The minimum atomic E-state index is -1.78. The van der Waals surface area contributed by atoms with Gasteiger partial charge in [-0.1, -0.05) is 103 Å². The second-order valence-electron chi connectivity index (χ2n) is 14.5. The first-order valence-corrected chi connectivity index (χ1v) is 19.9. The van der Waals surface area contributed by atoms with Crippen molar-refractivity contribution < 1.29 is 73.4 Å². The van der Waals surface area contributed by atoms with Gasteiger partial charge in [0.2, 0.25) is 0 Å². The number of hydrogen-bond donors (Lipinski definition) is 6. The van der Waals surface area contributed by atoms with Crippen molar-refractivity contribution in [3.05, 3.63) is 0 Å². The molecule has 0 saturated carbocycles. The van der Waals surface area contributed by atoms with E-state index in [1.54, 1.807) is 0 Å². The molecule has 0 bridgehead atoms. The molecule has 310 valence electrons. The molecule has 2 aliphatic heterocycles. The van der Waals surface area contributed by atoms with Crippen LogP contribution in [-0.4, -0.2) is 129 Å². The number of aliphatic hydroxyl groups excluding tert-OH is 5. The normalized spacial score (nSPS) is 29.4. The zero-order valence-corrected chi connectivity index (χ0v) is 32.1. The van der Waals surface area contributed by atoms with E-state index in [4.69, 9.17) is 33.5 Å². The average Bonchev–Trinajstić information content (AvgIpc) is 3.11. The van der Waals surface area contributed by atoms with E-state index in [9.17, 15) is 39.9 Å². The number of carboxylic acids is 1. The summed E-state index contributed by atoms with van der Waals surface area (Å²) < 4.78 is 34.3. The lowest BCUT2D eigenvalue weighted by Crippen LogP contribution is -2.65. The summed E-state index contributed by atoms with van der Waals surface area (Å²) in [6.45, 7) is 3.75. The molecule has 15 nitrogen and oxygen atoms in total. The van der Waals surface area contributed by atoms with Gasteiger partial charge in [0.15, 0.2) is 12.6 Å². The molecule has 2 heterocycles. The maximum absolute atomic E-state index is 11.6. The Kier molecular flexibility index (Phi) is 23.9. The predicted octanol–water partition coefficient (Wildman–Crippen LogP) is 3.65. The fraction of sp³-hybridized carbons (Fsp3) is 0.921. The molecule has 0 aliphatic carbocycles. The van der Waals surface area contributed by atoms with E-state index >= 15 is 0 Å². The summed E-state index contributed by atoms with van der Waals surface area (Å²) in [5, 5.41) is 62.9. The van der Waals surface area contributed by atoms with Crippen LogP contribution in [0.15, 0.2) is 0 Å². The average molecular weight is 765 g/mol. The minimum absolute atomic E-state index is 0.217. The van der Waals surface area contributed by atoms with E-state index in [2.05, 4.69) is 6.92 Å². The third kappa shape index (κ3) is 18.5. The summed E-state index contributed by atoms with van der Waals surface area (Å²) in [7, 11) is 0. The highest BCUT2D eigenvalue weighted by Crippen LogP contribution is 2.32. The number of rotatable bonds is 28. The lowest BCUT2D eigenvalue weighted by atomic mass is 9.97. The van der Waals surface area contributed by atoms with E-state index in [1.807, 2.05) is 0 Å². The van der Waals surface area contributed by atoms with Gasteiger partial charge in [0.05, 0.1) is 6.10 Å². The van der Waals surface area contributed by atoms with Crippen molar-refractivity contribution in [1.82, 2.24) is 0 Å². The number of aliphatic carboxylic acids is 1. The van der Waals surface area contributed by atoms with Gasteiger partial charge in [0.1, 0.15) is 62.0 Å². The van der Waals surface area contributed by atoms with E-state index in [1.165, 1.54) is 26.2 Å². The number of hydrogen-bond acceptors (Lipinski definition) is 14. The van der Waals surface area contributed by atoms with Crippen molar-refractivity contribution in [3.63, 3.8) is 0 Å². The number of carbonyl (C=O) groups is 3. The van der Waals surface area contributed by atoms with Crippen molar-refractivity contribution >= 4 is 17.9 Å². The Morgan fingerprint density at radius 3 is 1.47 bits per heavy atom. The van der Waals surface area contributed by atoms with Gasteiger partial charge in [0, 0.05) is 20.3 Å². The van der Waals surface area contributed by atoms with Crippen LogP contribution >= 0.6 is 0 Å². The molecular formula is C38H68O15. The zero-order valence-electron chi connectivity index (χ0n) is 32.1. The van der Waals surface area contributed by atoms with Crippen LogP contribution in [0.3, 0.4) is 0 Å². The topological polar surface area (TPSA) is 228 Å². The quantitative estimate of drug-likeness (QED) is 0.0494. The smallest absolute Gasteiger partial charge is 0.303 e. The Morgan fingerprint density at radius 2 is 1.00 bits per heavy atom. The Morgan fingerprint density at radius 1 is 0.566 bits per heavy atom. The van der Waals surface area contributed by atoms with Crippen molar-refractivity contribution in [1.29, 1.82) is 0 Å². The van der Waals surface area contributed by atoms with Gasteiger partial charge in [-0.15, -0.1) is 0 Å². The summed E-state index contributed by atoms with van der Waals surface area (Å²) in [5.74, 6) is -2.01. The third-order valence-electron chi connectivity index (χ3n) is 9.88. The number of carboxylic acid groups (broad SMARTS) is 1. The van der Waals surface area contributed by atoms with Crippen LogP contribution in [0.2, 0.25) is 0 Å². The zero-order chi connectivity index (χ0) is 39.2. The molecule has 2 saturated heterocycles. The summed E-state index contributed by atoms with van der Waals surface area (Å²) >= 11 is 0. The third-order valence-corrected chi connectivity index (χ3v) is 9.88. The summed E-state index contributed by atoms with van der Waals surface area (Å²) in [4.78, 5) is 33.7. The molecule has 2 rings (SSSR count). The number of unbranched alkanes of at least 4 members (excludes halogenated alkanes) is 14. The number of carbonyl (C=O) groups excluding carboxylic acids is 2. The van der Waals surface area contributed by atoms with Gasteiger partial charge in [-0.3, -0.25) is 14.4 Å². The first-order chi connectivity index (χ1) is 25.3. The molecule has 0 amide bonds. The molecule has 15 heteroatoms. The lowest BCUT2D eigenvalue weighted by molar-refractivity contribution is -0.372. The van der Waals surface area contributed by atoms with Crippen molar-refractivity contribution in [2.24, 2.45) is 0 Å². The highest BCUT2D eigenvalue weighted by molar-refractivity contribution is 5.66. The molecule has 0 aromatic carbocycles. The van der Waals surface area contributed by atoms with Crippen molar-refractivity contribution in [3.8, 4) is 0 Å². The largest absolute Gasteiger partial charge is 0.481 e. The maximum atomic E-state index is 11.6.